The van der Waals surface area contributed by atoms with Gasteiger partial charge in [0.1, 0.15) is 16.8 Å². The Morgan fingerprint density at radius 2 is 2.16 bits per heavy atom. The van der Waals surface area contributed by atoms with E-state index in [4.69, 9.17) is 5.26 Å². The number of nitro groups is 1. The lowest BCUT2D eigenvalue weighted by Crippen LogP contribution is -2.13. The van der Waals surface area contributed by atoms with Crippen LogP contribution in [0.1, 0.15) is 10.4 Å². The maximum Gasteiger partial charge on any atom is 0.291 e. The van der Waals surface area contributed by atoms with Crippen LogP contribution in [0.5, 0.6) is 0 Å². The number of nitriles is 1. The van der Waals surface area contributed by atoms with Gasteiger partial charge in [0.2, 0.25) is 7.98 Å². The van der Waals surface area contributed by atoms with Crippen LogP contribution in [-0.2, 0) is 0 Å². The van der Waals surface area contributed by atoms with E-state index >= 15 is 0 Å². The van der Waals surface area contributed by atoms with E-state index in [2.05, 4.69) is 6.07 Å². The number of aryl methyl sites for hydroxylation is 1. The topological polar surface area (TPSA) is 70.2 Å². The van der Waals surface area contributed by atoms with E-state index < -0.39 is 4.92 Å². The van der Waals surface area contributed by atoms with Gasteiger partial charge >= 0.3 is 0 Å². The minimum Gasteiger partial charge on any atom is -0.379 e. The highest BCUT2D eigenvalue weighted by Gasteiger charge is 2.20. The highest BCUT2D eigenvalue weighted by Crippen LogP contribution is 2.37. The lowest BCUT2D eigenvalue weighted by atomic mass is 10.1. The van der Waals surface area contributed by atoms with Crippen molar-refractivity contribution in [3.8, 4) is 6.07 Å². The van der Waals surface area contributed by atoms with Crippen molar-refractivity contribution in [1.29, 1.82) is 5.26 Å². The van der Waals surface area contributed by atoms with Gasteiger partial charge in [-0.1, -0.05) is 12.1 Å². The van der Waals surface area contributed by atoms with E-state index in [1.165, 1.54) is 17.4 Å². The molecule has 1 aromatic heterocycles. The fourth-order valence-corrected chi connectivity index (χ4v) is 2.77. The molecule has 0 atom stereocenters. The van der Waals surface area contributed by atoms with E-state index in [0.717, 1.165) is 4.88 Å². The molecule has 5 nitrogen and oxygen atoms in total. The average molecular weight is 271 g/mol. The quantitative estimate of drug-likeness (QED) is 0.488. The van der Waals surface area contributed by atoms with Crippen LogP contribution in [-0.4, -0.2) is 12.9 Å². The van der Waals surface area contributed by atoms with Gasteiger partial charge in [-0.3, -0.25) is 10.1 Å². The Balaban J connectivity index is 2.53. The summed E-state index contributed by atoms with van der Waals surface area (Å²) in [6.07, 6.45) is 0. The van der Waals surface area contributed by atoms with Gasteiger partial charge < -0.3 is 4.81 Å². The van der Waals surface area contributed by atoms with E-state index in [9.17, 15) is 10.1 Å². The molecule has 1 aromatic carbocycles. The molecule has 0 fully saturated rings. The van der Waals surface area contributed by atoms with Gasteiger partial charge in [-0.2, -0.15) is 5.26 Å². The third-order valence-corrected chi connectivity index (χ3v) is 3.83. The molecule has 0 saturated carbocycles. The van der Waals surface area contributed by atoms with Crippen molar-refractivity contribution < 1.29 is 4.92 Å². The average Bonchev–Trinajstić information content (AvgIpc) is 2.79. The molecule has 94 valence electrons. The molecule has 7 heteroatoms. The first-order chi connectivity index (χ1) is 9.04. The molecule has 19 heavy (non-hydrogen) atoms. The maximum absolute atomic E-state index is 11.0. The van der Waals surface area contributed by atoms with Crippen LogP contribution in [0.3, 0.4) is 0 Å². The summed E-state index contributed by atoms with van der Waals surface area (Å²) >= 11 is 1.44. The summed E-state index contributed by atoms with van der Waals surface area (Å²) < 4.78 is 0. The van der Waals surface area contributed by atoms with Gasteiger partial charge in [0.15, 0.2) is 0 Å². The predicted octanol–water partition coefficient (Wildman–Crippen LogP) is 2.52. The molecular formula is C12H10BN3O2S. The van der Waals surface area contributed by atoms with Crippen molar-refractivity contribution in [2.75, 3.05) is 4.81 Å². The number of anilines is 2. The Hall–Kier alpha value is -2.33. The van der Waals surface area contributed by atoms with Crippen LogP contribution >= 0.6 is 11.3 Å². The fraction of sp³-hybridized carbons (Fsp3) is 0.0833. The largest absolute Gasteiger partial charge is 0.379 e. The second kappa shape index (κ2) is 5.12. The van der Waals surface area contributed by atoms with Crippen molar-refractivity contribution in [2.24, 2.45) is 0 Å². The zero-order valence-corrected chi connectivity index (χ0v) is 11.3. The van der Waals surface area contributed by atoms with Crippen molar-refractivity contribution in [2.45, 2.75) is 6.92 Å². The number of thiophene rings is 1. The van der Waals surface area contributed by atoms with Gasteiger partial charge in [0, 0.05) is 10.9 Å². The number of para-hydroxylation sites is 2. The Labute approximate surface area is 115 Å². The number of hydrogen-bond acceptors (Lipinski definition) is 5. The summed E-state index contributed by atoms with van der Waals surface area (Å²) in [7, 11) is 1.73. The molecule has 0 aliphatic carbocycles. The standard InChI is InChI=1S/C12H10BN3O2S/c1-8-6-9(7-14)12(19-8)15(13)10-4-2-3-5-11(10)16(17)18/h2-6H,13H2,1H3. The molecule has 0 radical (unpaired) electrons. The second-order valence-electron chi connectivity index (χ2n) is 3.99. The first-order valence-corrected chi connectivity index (χ1v) is 6.34. The van der Waals surface area contributed by atoms with Crippen LogP contribution in [0.2, 0.25) is 0 Å². The zero-order chi connectivity index (χ0) is 14.0. The molecule has 0 saturated heterocycles. The van der Waals surface area contributed by atoms with Crippen LogP contribution < -0.4 is 4.81 Å². The van der Waals surface area contributed by atoms with Gasteiger partial charge in [0.05, 0.1) is 10.5 Å². The molecule has 0 unspecified atom stereocenters. The molecule has 0 aliphatic heterocycles. The maximum atomic E-state index is 11.0. The first-order valence-electron chi connectivity index (χ1n) is 5.52. The lowest BCUT2D eigenvalue weighted by Gasteiger charge is -2.18. The van der Waals surface area contributed by atoms with Crippen molar-refractivity contribution in [1.82, 2.24) is 0 Å². The first kappa shape index (κ1) is 13.1. The summed E-state index contributed by atoms with van der Waals surface area (Å²) in [5.41, 5.74) is 1.04. The third-order valence-electron chi connectivity index (χ3n) is 2.70. The minimum atomic E-state index is -0.418. The summed E-state index contributed by atoms with van der Waals surface area (Å²) in [4.78, 5) is 13.3. The van der Waals surface area contributed by atoms with Crippen LogP contribution in [0.4, 0.5) is 16.4 Å². The number of hydrogen-bond donors (Lipinski definition) is 0. The predicted molar refractivity (Wildman–Crippen MR) is 77.6 cm³/mol. The molecule has 2 rings (SSSR count). The molecule has 0 bridgehead atoms. The molecule has 0 N–H and O–H groups in total. The molecule has 1 heterocycles. The van der Waals surface area contributed by atoms with Crippen LogP contribution in [0, 0.1) is 28.4 Å². The van der Waals surface area contributed by atoms with Crippen molar-refractivity contribution in [3.63, 3.8) is 0 Å². The van der Waals surface area contributed by atoms with Gasteiger partial charge in [-0.25, -0.2) is 0 Å². The summed E-state index contributed by atoms with van der Waals surface area (Å²) in [6, 6.07) is 10.4. The van der Waals surface area contributed by atoms with Gasteiger partial charge in [-0.15, -0.1) is 11.3 Å². The zero-order valence-electron chi connectivity index (χ0n) is 10.5. The smallest absolute Gasteiger partial charge is 0.291 e. The summed E-state index contributed by atoms with van der Waals surface area (Å²) in [5, 5.41) is 20.9. The van der Waals surface area contributed by atoms with Gasteiger partial charge in [0.25, 0.3) is 5.69 Å². The van der Waals surface area contributed by atoms with E-state index in [-0.39, 0.29) is 5.69 Å². The number of nitrogens with zero attached hydrogens (tertiary/aromatic N) is 3. The fourth-order valence-electron chi connectivity index (χ4n) is 1.84. The van der Waals surface area contributed by atoms with Crippen molar-refractivity contribution in [3.05, 3.63) is 50.9 Å². The van der Waals surface area contributed by atoms with Crippen molar-refractivity contribution >= 4 is 35.7 Å². The highest BCUT2D eigenvalue weighted by atomic mass is 32.1. The summed E-state index contributed by atoms with van der Waals surface area (Å²) in [5.74, 6) is 0. The SMILES string of the molecule is BN(c1ccccc1[N+](=O)[O-])c1sc(C)cc1C#N. The normalized spacial score (nSPS) is 9.89. The lowest BCUT2D eigenvalue weighted by molar-refractivity contribution is -0.384. The molecule has 2 aromatic rings. The van der Waals surface area contributed by atoms with Gasteiger partial charge in [-0.05, 0) is 19.1 Å². The van der Waals surface area contributed by atoms with Crippen LogP contribution in [0.15, 0.2) is 30.3 Å². The Morgan fingerprint density at radius 1 is 1.47 bits per heavy atom. The minimum absolute atomic E-state index is 0.0277. The molecule has 0 spiro atoms. The van der Waals surface area contributed by atoms with Crippen LogP contribution in [0.25, 0.3) is 0 Å². The number of benzene rings is 1. The third kappa shape index (κ3) is 2.44. The Kier molecular flexibility index (Phi) is 3.53. The molecular weight excluding hydrogens is 261 g/mol. The number of nitro benzene ring substituents is 1. The molecule has 0 amide bonds. The Bertz CT molecular complexity index is 678. The second-order valence-corrected chi connectivity index (χ2v) is 5.23. The van der Waals surface area contributed by atoms with E-state index in [0.29, 0.717) is 16.3 Å². The Morgan fingerprint density at radius 3 is 2.79 bits per heavy atom. The van der Waals surface area contributed by atoms with E-state index in [1.807, 2.05) is 6.92 Å². The highest BCUT2D eigenvalue weighted by molar-refractivity contribution is 7.16. The summed E-state index contributed by atoms with van der Waals surface area (Å²) in [6.45, 7) is 1.91. The molecule has 0 aliphatic rings. The number of rotatable bonds is 3. The van der Waals surface area contributed by atoms with E-state index in [1.54, 1.807) is 37.1 Å². The monoisotopic (exact) mass is 271 g/mol.